The summed E-state index contributed by atoms with van der Waals surface area (Å²) in [5.41, 5.74) is 9.02. The maximum atomic E-state index is 12.1. The van der Waals surface area contributed by atoms with E-state index in [1.165, 1.54) is 11.1 Å². The number of benzene rings is 4. The highest BCUT2D eigenvalue weighted by Gasteiger charge is 2.30. The van der Waals surface area contributed by atoms with E-state index in [1.807, 2.05) is 65.8 Å². The van der Waals surface area contributed by atoms with Crippen LogP contribution in [0.15, 0.2) is 60.7 Å². The van der Waals surface area contributed by atoms with Gasteiger partial charge in [-0.1, -0.05) is 87.3 Å². The lowest BCUT2D eigenvalue weighted by Crippen LogP contribution is -2.38. The molecule has 0 amide bonds. The average molecular weight is 930 g/mol. The molecule has 0 saturated carbocycles. The Bertz CT molecular complexity index is 2280. The number of esters is 2. The zero-order chi connectivity index (χ0) is 46.2. The summed E-state index contributed by atoms with van der Waals surface area (Å²) in [7, 11) is 0. The second-order valence-corrected chi connectivity index (χ2v) is 19.0. The van der Waals surface area contributed by atoms with Gasteiger partial charge in [0.05, 0.1) is 35.1 Å². The highest BCUT2D eigenvalue weighted by atomic mass is 35.5. The third-order valence-corrected chi connectivity index (χ3v) is 13.4. The van der Waals surface area contributed by atoms with Gasteiger partial charge in [0, 0.05) is 62.5 Å². The number of ether oxygens (including phenoxy) is 6. The summed E-state index contributed by atoms with van der Waals surface area (Å²) in [6.07, 6.45) is 4.69. The predicted molar refractivity (Wildman–Crippen MR) is 256 cm³/mol. The number of nitrogens with zero attached hydrogens (tertiary/aromatic N) is 2. The molecule has 65 heavy (non-hydrogen) atoms. The van der Waals surface area contributed by atoms with Crippen LogP contribution in [0.25, 0.3) is 11.1 Å². The van der Waals surface area contributed by atoms with Crippen LogP contribution in [0.3, 0.4) is 0 Å². The molecule has 0 radical (unpaired) electrons. The minimum absolute atomic E-state index is 0.0371. The van der Waals surface area contributed by atoms with Crippen LogP contribution >= 0.6 is 23.2 Å². The summed E-state index contributed by atoms with van der Waals surface area (Å²) in [4.78, 5) is 29.0. The molecule has 4 aromatic rings. The fourth-order valence-electron chi connectivity index (χ4n) is 9.06. The van der Waals surface area contributed by atoms with Crippen LogP contribution in [-0.2, 0) is 45.2 Å². The van der Waals surface area contributed by atoms with Crippen LogP contribution in [0, 0.1) is 18.8 Å². The Morgan fingerprint density at radius 3 is 1.68 bits per heavy atom. The summed E-state index contributed by atoms with van der Waals surface area (Å²) in [5, 5.41) is 1.10. The fourth-order valence-corrected chi connectivity index (χ4v) is 9.54. The molecule has 2 heterocycles. The number of halogens is 2. The van der Waals surface area contributed by atoms with Crippen LogP contribution in [0.4, 0.5) is 0 Å². The SMILES string of the molecule is CCOc1cc(OCc2cccc(-c3cccc4c3CC[C@@H]4Oc3cc(OCC)c(CN4CCC(OC(=O)C(C)C)CC4)cc3Cl)c2C)c(Cl)cc1CN1CCC(OC(=O)C(C)C)CC1. The third-order valence-electron chi connectivity index (χ3n) is 12.8. The van der Waals surface area contributed by atoms with Crippen LogP contribution in [-0.4, -0.2) is 73.3 Å². The fraction of sp³-hybridized carbons (Fsp3) is 0.509. The molecule has 0 N–H and O–H groups in total. The van der Waals surface area contributed by atoms with Crippen molar-refractivity contribution in [3.05, 3.63) is 104 Å². The van der Waals surface area contributed by atoms with E-state index in [2.05, 4.69) is 53.1 Å². The van der Waals surface area contributed by atoms with Gasteiger partial charge in [-0.15, -0.1) is 0 Å². The lowest BCUT2D eigenvalue weighted by Gasteiger charge is -2.32. The molecular formula is C53H66Cl2N2O8. The van der Waals surface area contributed by atoms with E-state index in [4.69, 9.17) is 51.6 Å². The van der Waals surface area contributed by atoms with Crippen molar-refractivity contribution in [3.63, 3.8) is 0 Å². The molecule has 1 atom stereocenters. The number of likely N-dealkylation sites (tertiary alicyclic amines) is 2. The van der Waals surface area contributed by atoms with Gasteiger partial charge in [0.1, 0.15) is 47.9 Å². The maximum Gasteiger partial charge on any atom is 0.308 e. The van der Waals surface area contributed by atoms with Crippen molar-refractivity contribution in [1.82, 2.24) is 9.80 Å². The van der Waals surface area contributed by atoms with E-state index in [1.54, 1.807) is 0 Å². The Kier molecular flexibility index (Phi) is 16.7. The monoisotopic (exact) mass is 928 g/mol. The van der Waals surface area contributed by atoms with Crippen LogP contribution in [0.1, 0.15) is 113 Å². The third kappa shape index (κ3) is 12.1. The number of hydrogen-bond acceptors (Lipinski definition) is 10. The standard InChI is InChI=1S/C53H66Cl2N2O8/c1-8-60-48-28-50(45(54)26-37(48)30-56-22-18-39(19-23-56)63-52(58)33(3)4)62-32-36-12-10-13-41(35(36)7)42-14-11-15-44-43(42)16-17-47(44)65-51-29-49(61-9-2)38(27-46(51)55)31-57-24-20-40(21-25-57)64-53(59)34(5)6/h10-15,26-29,33-34,39-40,47H,8-9,16-25,30-32H2,1-7H3/t47-/m0/s1. The smallest absolute Gasteiger partial charge is 0.308 e. The maximum absolute atomic E-state index is 12.1. The summed E-state index contributed by atoms with van der Waals surface area (Å²) in [6.45, 7) is 19.6. The molecule has 2 fully saturated rings. The van der Waals surface area contributed by atoms with Gasteiger partial charge in [0.25, 0.3) is 0 Å². The second kappa shape index (κ2) is 22.3. The highest BCUT2D eigenvalue weighted by Crippen LogP contribution is 2.44. The zero-order valence-electron chi connectivity index (χ0n) is 39.2. The normalized spacial score (nSPS) is 17.3. The Morgan fingerprint density at radius 1 is 0.631 bits per heavy atom. The minimum atomic E-state index is -0.159. The molecule has 4 aromatic carbocycles. The van der Waals surface area contributed by atoms with Crippen molar-refractivity contribution in [2.24, 2.45) is 11.8 Å². The molecule has 10 nitrogen and oxygen atoms in total. The highest BCUT2D eigenvalue weighted by molar-refractivity contribution is 6.32. The Labute approximate surface area is 395 Å². The molecular weight excluding hydrogens is 863 g/mol. The molecule has 3 aliphatic rings. The number of carbonyl (C=O) groups is 2. The average Bonchev–Trinajstić information content (AvgIpc) is 3.70. The van der Waals surface area contributed by atoms with Crippen LogP contribution in [0.5, 0.6) is 23.0 Å². The number of piperidine rings is 2. The number of hydrogen-bond donors (Lipinski definition) is 0. The first-order valence-corrected chi connectivity index (χ1v) is 24.3. The van der Waals surface area contributed by atoms with Gasteiger partial charge in [-0.3, -0.25) is 19.4 Å². The van der Waals surface area contributed by atoms with Gasteiger partial charge < -0.3 is 28.4 Å². The van der Waals surface area contributed by atoms with Crippen molar-refractivity contribution in [3.8, 4) is 34.1 Å². The van der Waals surface area contributed by atoms with Crippen LogP contribution in [0.2, 0.25) is 10.0 Å². The summed E-state index contributed by atoms with van der Waals surface area (Å²) in [6, 6.07) is 20.7. The Morgan fingerprint density at radius 2 is 1.14 bits per heavy atom. The van der Waals surface area contributed by atoms with Gasteiger partial charge >= 0.3 is 11.9 Å². The quantitative estimate of drug-likeness (QED) is 0.0898. The molecule has 350 valence electrons. The van der Waals surface area contributed by atoms with Gasteiger partial charge in [0.15, 0.2) is 0 Å². The molecule has 2 saturated heterocycles. The predicted octanol–water partition coefficient (Wildman–Crippen LogP) is 11.7. The van der Waals surface area contributed by atoms with Crippen molar-refractivity contribution >= 4 is 35.1 Å². The Balaban J connectivity index is 1.00. The lowest BCUT2D eigenvalue weighted by atomic mass is 9.91. The first-order valence-electron chi connectivity index (χ1n) is 23.6. The minimum Gasteiger partial charge on any atom is -0.493 e. The number of carbonyl (C=O) groups excluding carboxylic acids is 2. The molecule has 1 aliphatic carbocycles. The number of rotatable bonds is 18. The summed E-state index contributed by atoms with van der Waals surface area (Å²) in [5.74, 6) is 2.21. The largest absolute Gasteiger partial charge is 0.493 e. The summed E-state index contributed by atoms with van der Waals surface area (Å²) >= 11 is 13.9. The number of fused-ring (bicyclic) bond motifs is 1. The van der Waals surface area contributed by atoms with Gasteiger partial charge in [-0.05, 0) is 105 Å². The first-order chi connectivity index (χ1) is 31.3. The molecule has 7 rings (SSSR count). The molecule has 0 aromatic heterocycles. The van der Waals surface area contributed by atoms with Gasteiger partial charge in [0.2, 0.25) is 0 Å². The molecule has 12 heteroatoms. The summed E-state index contributed by atoms with van der Waals surface area (Å²) < 4.78 is 36.9. The van der Waals surface area contributed by atoms with E-state index in [0.29, 0.717) is 54.5 Å². The first kappa shape index (κ1) is 48.5. The van der Waals surface area contributed by atoms with Crippen LogP contribution < -0.4 is 18.9 Å². The molecule has 0 unspecified atom stereocenters. The van der Waals surface area contributed by atoms with E-state index < -0.39 is 0 Å². The topological polar surface area (TPSA) is 96.0 Å². The molecule has 0 bridgehead atoms. The van der Waals surface area contributed by atoms with Crippen molar-refractivity contribution < 1.29 is 38.0 Å². The van der Waals surface area contributed by atoms with Crippen molar-refractivity contribution in [2.45, 2.75) is 125 Å². The second-order valence-electron chi connectivity index (χ2n) is 18.2. The lowest BCUT2D eigenvalue weighted by molar-refractivity contribution is -0.156. The van der Waals surface area contributed by atoms with Crippen molar-refractivity contribution in [2.75, 3.05) is 39.4 Å². The Hall–Kier alpha value is -4.48. The molecule has 0 spiro atoms. The van der Waals surface area contributed by atoms with E-state index >= 15 is 0 Å². The van der Waals surface area contributed by atoms with E-state index in [0.717, 1.165) is 110 Å². The van der Waals surface area contributed by atoms with E-state index in [9.17, 15) is 9.59 Å². The van der Waals surface area contributed by atoms with E-state index in [-0.39, 0.29) is 42.1 Å². The zero-order valence-corrected chi connectivity index (χ0v) is 40.7. The van der Waals surface area contributed by atoms with Crippen molar-refractivity contribution in [1.29, 1.82) is 0 Å². The van der Waals surface area contributed by atoms with Gasteiger partial charge in [-0.2, -0.15) is 0 Å². The van der Waals surface area contributed by atoms with Gasteiger partial charge in [-0.25, -0.2) is 0 Å². The molecule has 2 aliphatic heterocycles.